The van der Waals surface area contributed by atoms with Gasteiger partial charge < -0.3 is 5.32 Å². The van der Waals surface area contributed by atoms with Crippen LogP contribution < -0.4 is 5.32 Å². The quantitative estimate of drug-likeness (QED) is 0.785. The molecule has 0 saturated carbocycles. The van der Waals surface area contributed by atoms with Crippen molar-refractivity contribution in [2.75, 3.05) is 0 Å². The van der Waals surface area contributed by atoms with Crippen molar-refractivity contribution in [1.82, 2.24) is 5.32 Å². The van der Waals surface area contributed by atoms with E-state index in [1.807, 2.05) is 36.4 Å². The van der Waals surface area contributed by atoms with Crippen LogP contribution in [-0.2, 0) is 4.79 Å². The van der Waals surface area contributed by atoms with Gasteiger partial charge in [0.25, 0.3) is 5.91 Å². The predicted octanol–water partition coefficient (Wildman–Crippen LogP) is 4.89. The molecule has 22 heavy (non-hydrogen) atoms. The Bertz CT molecular complexity index is 788. The predicted molar refractivity (Wildman–Crippen MR) is 93.7 cm³/mol. The van der Waals surface area contributed by atoms with Crippen molar-refractivity contribution in [3.8, 4) is 0 Å². The van der Waals surface area contributed by atoms with Gasteiger partial charge in [-0.2, -0.15) is 0 Å². The van der Waals surface area contributed by atoms with Crippen molar-refractivity contribution in [1.29, 1.82) is 0 Å². The minimum absolute atomic E-state index is 0.175. The number of thioether (sulfide) groups is 1. The number of nitrogens with one attached hydrogen (secondary N) is 1. The van der Waals surface area contributed by atoms with Crippen LogP contribution >= 0.6 is 35.0 Å². The summed E-state index contributed by atoms with van der Waals surface area (Å²) in [7, 11) is 0. The summed E-state index contributed by atoms with van der Waals surface area (Å²) < 4.78 is 0. The third kappa shape index (κ3) is 3.35. The Kier molecular flexibility index (Phi) is 4.52. The lowest BCUT2D eigenvalue weighted by Gasteiger charge is -2.00. The lowest BCUT2D eigenvalue weighted by Crippen LogP contribution is -2.19. The Balaban J connectivity index is 1.87. The third-order valence-corrected chi connectivity index (χ3v) is 4.62. The van der Waals surface area contributed by atoms with E-state index in [9.17, 15) is 4.79 Å². The van der Waals surface area contributed by atoms with Crippen LogP contribution in [-0.4, -0.2) is 11.1 Å². The topological polar surface area (TPSA) is 41.5 Å². The molecule has 1 N–H and O–H groups in total. The molecule has 0 atom stereocenters. The first-order valence-electron chi connectivity index (χ1n) is 6.42. The van der Waals surface area contributed by atoms with E-state index in [2.05, 4.69) is 10.3 Å². The second kappa shape index (κ2) is 6.57. The first-order chi connectivity index (χ1) is 10.6. The molecule has 1 fully saturated rings. The van der Waals surface area contributed by atoms with E-state index in [4.69, 9.17) is 23.2 Å². The van der Waals surface area contributed by atoms with Gasteiger partial charge in [0.05, 0.1) is 20.6 Å². The van der Waals surface area contributed by atoms with Gasteiger partial charge >= 0.3 is 0 Å². The van der Waals surface area contributed by atoms with Gasteiger partial charge in [0.1, 0.15) is 0 Å². The Hall–Kier alpha value is -1.75. The number of halogens is 2. The van der Waals surface area contributed by atoms with Crippen molar-refractivity contribution >= 4 is 57.8 Å². The third-order valence-electron chi connectivity index (χ3n) is 2.90. The molecule has 1 aliphatic rings. The van der Waals surface area contributed by atoms with Crippen LogP contribution in [0.2, 0.25) is 10.0 Å². The number of carbonyl (C=O) groups excluding carboxylic acids is 1. The maximum atomic E-state index is 12.0. The fourth-order valence-corrected chi connectivity index (χ4v) is 3.04. The number of aliphatic imine (C=N–C) groups is 1. The molecule has 1 heterocycles. The highest BCUT2D eigenvalue weighted by molar-refractivity contribution is 8.18. The first kappa shape index (κ1) is 15.2. The molecule has 2 aromatic carbocycles. The van der Waals surface area contributed by atoms with E-state index in [0.29, 0.717) is 25.8 Å². The summed E-state index contributed by atoms with van der Waals surface area (Å²) >= 11 is 13.3. The van der Waals surface area contributed by atoms with Crippen LogP contribution in [0.3, 0.4) is 0 Å². The highest BCUT2D eigenvalue weighted by Crippen LogP contribution is 2.34. The number of nitrogens with zero attached hydrogens (tertiary/aromatic N) is 1. The summed E-state index contributed by atoms with van der Waals surface area (Å²) in [5.74, 6) is -0.175. The summed E-state index contributed by atoms with van der Waals surface area (Å²) in [4.78, 5) is 16.9. The lowest BCUT2D eigenvalue weighted by molar-refractivity contribution is -0.115. The number of rotatable bonds is 2. The van der Waals surface area contributed by atoms with E-state index >= 15 is 0 Å². The summed E-state index contributed by atoms with van der Waals surface area (Å²) in [5.41, 5.74) is 1.49. The first-order valence-corrected chi connectivity index (χ1v) is 7.99. The maximum absolute atomic E-state index is 12.0. The largest absolute Gasteiger partial charge is 0.300 e. The SMILES string of the molecule is O=C1NC(=Nc2cccc(Cl)c2Cl)S/C1=C\c1ccccc1. The van der Waals surface area contributed by atoms with Crippen molar-refractivity contribution in [2.24, 2.45) is 4.99 Å². The van der Waals surface area contributed by atoms with Crippen molar-refractivity contribution < 1.29 is 4.79 Å². The van der Waals surface area contributed by atoms with E-state index in [0.717, 1.165) is 5.56 Å². The highest BCUT2D eigenvalue weighted by Gasteiger charge is 2.24. The zero-order valence-electron chi connectivity index (χ0n) is 11.2. The van der Waals surface area contributed by atoms with Gasteiger partial charge in [-0.15, -0.1) is 0 Å². The van der Waals surface area contributed by atoms with Gasteiger partial charge in [-0.1, -0.05) is 59.6 Å². The molecule has 0 spiro atoms. The smallest absolute Gasteiger partial charge is 0.264 e. The molecular weight excluding hydrogens is 339 g/mol. The van der Waals surface area contributed by atoms with E-state index in [1.54, 1.807) is 18.2 Å². The summed E-state index contributed by atoms with van der Waals surface area (Å²) in [6.07, 6.45) is 1.82. The van der Waals surface area contributed by atoms with Crippen LogP contribution in [0.1, 0.15) is 5.56 Å². The molecule has 0 bridgehead atoms. The zero-order chi connectivity index (χ0) is 15.5. The van der Waals surface area contributed by atoms with Gasteiger partial charge in [-0.25, -0.2) is 4.99 Å². The standard InChI is InChI=1S/C16H10Cl2N2OS/c17-11-7-4-8-12(14(11)18)19-16-20-15(21)13(22-16)9-10-5-2-1-3-6-10/h1-9H,(H,19,20,21)/b13-9-. The van der Waals surface area contributed by atoms with Gasteiger partial charge in [-0.05, 0) is 35.5 Å². The molecular formula is C16H10Cl2N2OS. The Morgan fingerprint density at radius 3 is 2.59 bits per heavy atom. The van der Waals surface area contributed by atoms with Crippen molar-refractivity contribution in [3.63, 3.8) is 0 Å². The van der Waals surface area contributed by atoms with Crippen LogP contribution in [0.25, 0.3) is 6.08 Å². The maximum Gasteiger partial charge on any atom is 0.264 e. The lowest BCUT2D eigenvalue weighted by atomic mass is 10.2. The molecule has 1 amide bonds. The Morgan fingerprint density at radius 1 is 1.05 bits per heavy atom. The van der Waals surface area contributed by atoms with Crippen LogP contribution in [0, 0.1) is 0 Å². The summed E-state index contributed by atoms with van der Waals surface area (Å²) in [6, 6.07) is 14.8. The van der Waals surface area contributed by atoms with Crippen LogP contribution in [0.4, 0.5) is 5.69 Å². The molecule has 0 unspecified atom stereocenters. The summed E-state index contributed by atoms with van der Waals surface area (Å²) in [5, 5.41) is 4.00. The number of benzene rings is 2. The average molecular weight is 349 g/mol. The molecule has 2 aromatic rings. The molecule has 3 nitrogen and oxygen atoms in total. The zero-order valence-corrected chi connectivity index (χ0v) is 13.5. The van der Waals surface area contributed by atoms with Crippen LogP contribution in [0.5, 0.6) is 0 Å². The highest BCUT2D eigenvalue weighted by atomic mass is 35.5. The molecule has 0 aromatic heterocycles. The number of hydrogen-bond acceptors (Lipinski definition) is 3. The Morgan fingerprint density at radius 2 is 1.82 bits per heavy atom. The Labute approximate surface area is 142 Å². The molecule has 1 aliphatic heterocycles. The minimum Gasteiger partial charge on any atom is -0.300 e. The second-order valence-corrected chi connectivity index (χ2v) is 6.28. The molecule has 1 saturated heterocycles. The number of amidine groups is 1. The number of carbonyl (C=O) groups is 1. The van der Waals surface area contributed by atoms with Gasteiger partial charge in [0, 0.05) is 0 Å². The average Bonchev–Trinajstić information content (AvgIpc) is 2.85. The summed E-state index contributed by atoms with van der Waals surface area (Å²) in [6.45, 7) is 0. The second-order valence-electron chi connectivity index (χ2n) is 4.47. The van der Waals surface area contributed by atoms with Crippen molar-refractivity contribution in [3.05, 3.63) is 69.0 Å². The molecule has 6 heteroatoms. The van der Waals surface area contributed by atoms with E-state index in [1.165, 1.54) is 11.8 Å². The fraction of sp³-hybridized carbons (Fsp3) is 0. The molecule has 0 radical (unpaired) electrons. The van der Waals surface area contributed by atoms with Crippen molar-refractivity contribution in [2.45, 2.75) is 0 Å². The van der Waals surface area contributed by atoms with Gasteiger partial charge in [0.2, 0.25) is 0 Å². The van der Waals surface area contributed by atoms with E-state index in [-0.39, 0.29) is 5.91 Å². The van der Waals surface area contributed by atoms with Crippen LogP contribution in [0.15, 0.2) is 58.4 Å². The number of hydrogen-bond donors (Lipinski definition) is 1. The van der Waals surface area contributed by atoms with Gasteiger partial charge in [-0.3, -0.25) is 4.79 Å². The minimum atomic E-state index is -0.175. The fourth-order valence-electron chi connectivity index (χ4n) is 1.87. The number of amides is 1. The van der Waals surface area contributed by atoms with Gasteiger partial charge in [0.15, 0.2) is 5.17 Å². The molecule has 0 aliphatic carbocycles. The molecule has 3 rings (SSSR count). The monoisotopic (exact) mass is 348 g/mol. The normalized spacial score (nSPS) is 18.0. The molecule has 110 valence electrons. The van der Waals surface area contributed by atoms with E-state index < -0.39 is 0 Å².